The largest absolute Gasteiger partial charge is 0.486 e. The van der Waals surface area contributed by atoms with Gasteiger partial charge in [0.2, 0.25) is 0 Å². The lowest BCUT2D eigenvalue weighted by atomic mass is 9.97. The monoisotopic (exact) mass is 573 g/mol. The normalized spacial score (nSPS) is 15.5. The predicted molar refractivity (Wildman–Crippen MR) is 163 cm³/mol. The van der Waals surface area contributed by atoms with Crippen LogP contribution in [-0.2, 0) is 20.7 Å². The SMILES string of the molecule is CC(=O)Oc1ccc(-c2ccc(CCNC(C(=O)OC(C)(C)C)[C@H](O)c3ccccc3)cc2)cc1OC1CCCCC1. The quantitative estimate of drug-likeness (QED) is 0.198. The molecule has 0 radical (unpaired) electrons. The first-order valence-corrected chi connectivity index (χ1v) is 14.9. The maximum Gasteiger partial charge on any atom is 0.326 e. The summed E-state index contributed by atoms with van der Waals surface area (Å²) in [4.78, 5) is 24.6. The Bertz CT molecular complexity index is 1310. The van der Waals surface area contributed by atoms with Crippen molar-refractivity contribution in [3.63, 3.8) is 0 Å². The molecule has 0 spiro atoms. The summed E-state index contributed by atoms with van der Waals surface area (Å²) in [6, 6.07) is 22.1. The molecule has 7 nitrogen and oxygen atoms in total. The molecule has 2 N–H and O–H groups in total. The van der Waals surface area contributed by atoms with E-state index in [1.807, 2.05) is 63.2 Å². The Labute approximate surface area is 249 Å². The summed E-state index contributed by atoms with van der Waals surface area (Å²) in [5.41, 5.74) is 3.05. The van der Waals surface area contributed by atoms with Crippen molar-refractivity contribution in [3.8, 4) is 22.6 Å². The average molecular weight is 574 g/mol. The number of hydrogen-bond donors (Lipinski definition) is 2. The number of nitrogens with one attached hydrogen (secondary N) is 1. The van der Waals surface area contributed by atoms with Gasteiger partial charge in [0.1, 0.15) is 17.7 Å². The second-order valence-corrected chi connectivity index (χ2v) is 11.9. The van der Waals surface area contributed by atoms with Crippen molar-refractivity contribution >= 4 is 11.9 Å². The van der Waals surface area contributed by atoms with Gasteiger partial charge in [-0.2, -0.15) is 0 Å². The fourth-order valence-corrected chi connectivity index (χ4v) is 5.15. The summed E-state index contributed by atoms with van der Waals surface area (Å²) in [5, 5.41) is 14.2. The van der Waals surface area contributed by atoms with Crippen molar-refractivity contribution in [2.45, 2.75) is 90.1 Å². The summed E-state index contributed by atoms with van der Waals surface area (Å²) >= 11 is 0. The van der Waals surface area contributed by atoms with Crippen LogP contribution in [0.1, 0.15) is 77.0 Å². The zero-order valence-corrected chi connectivity index (χ0v) is 25.1. The topological polar surface area (TPSA) is 94.1 Å². The Morgan fingerprint density at radius 3 is 2.21 bits per heavy atom. The number of hydrogen-bond acceptors (Lipinski definition) is 7. The molecule has 42 heavy (non-hydrogen) atoms. The van der Waals surface area contributed by atoms with Crippen molar-refractivity contribution in [3.05, 3.63) is 83.9 Å². The minimum absolute atomic E-state index is 0.128. The number of carbonyl (C=O) groups is 2. The van der Waals surface area contributed by atoms with E-state index >= 15 is 0 Å². The van der Waals surface area contributed by atoms with Gasteiger partial charge in [-0.25, -0.2) is 0 Å². The highest BCUT2D eigenvalue weighted by Gasteiger charge is 2.31. The molecular weight excluding hydrogens is 530 g/mol. The first-order valence-electron chi connectivity index (χ1n) is 14.9. The molecule has 1 aliphatic carbocycles. The van der Waals surface area contributed by atoms with Crippen LogP contribution in [0.15, 0.2) is 72.8 Å². The summed E-state index contributed by atoms with van der Waals surface area (Å²) in [6.07, 6.45) is 5.27. The van der Waals surface area contributed by atoms with Crippen LogP contribution in [0.25, 0.3) is 11.1 Å². The summed E-state index contributed by atoms with van der Waals surface area (Å²) in [5.74, 6) is 0.168. The Kier molecular flexibility index (Phi) is 10.8. The zero-order valence-electron chi connectivity index (χ0n) is 25.1. The number of aliphatic hydroxyl groups is 1. The van der Waals surface area contributed by atoms with Crippen LogP contribution in [0.3, 0.4) is 0 Å². The van der Waals surface area contributed by atoms with Gasteiger partial charge in [-0.05, 0) is 87.3 Å². The molecule has 3 aromatic carbocycles. The van der Waals surface area contributed by atoms with Gasteiger partial charge in [0.15, 0.2) is 11.5 Å². The van der Waals surface area contributed by atoms with E-state index in [0.717, 1.165) is 42.4 Å². The molecule has 0 aromatic heterocycles. The first kappa shape index (κ1) is 31.3. The van der Waals surface area contributed by atoms with Gasteiger partial charge in [-0.3, -0.25) is 9.59 Å². The van der Waals surface area contributed by atoms with E-state index in [1.165, 1.54) is 13.3 Å². The third-order valence-corrected chi connectivity index (χ3v) is 7.23. The average Bonchev–Trinajstić information content (AvgIpc) is 2.96. The molecule has 1 saturated carbocycles. The predicted octanol–water partition coefficient (Wildman–Crippen LogP) is 6.57. The van der Waals surface area contributed by atoms with Gasteiger partial charge in [-0.15, -0.1) is 0 Å². The van der Waals surface area contributed by atoms with Crippen LogP contribution in [0.5, 0.6) is 11.5 Å². The molecular formula is C35H43NO6. The summed E-state index contributed by atoms with van der Waals surface area (Å²) in [6.45, 7) is 7.31. The van der Waals surface area contributed by atoms with E-state index in [0.29, 0.717) is 30.0 Å². The molecule has 0 heterocycles. The molecule has 0 aliphatic heterocycles. The first-order chi connectivity index (χ1) is 20.1. The highest BCUT2D eigenvalue weighted by atomic mass is 16.6. The second kappa shape index (κ2) is 14.5. The molecule has 224 valence electrons. The maximum atomic E-state index is 13.0. The number of benzene rings is 3. The third-order valence-electron chi connectivity index (χ3n) is 7.23. The number of carbonyl (C=O) groups excluding carboxylic acids is 2. The van der Waals surface area contributed by atoms with Gasteiger partial charge < -0.3 is 24.6 Å². The van der Waals surface area contributed by atoms with Crippen LogP contribution < -0.4 is 14.8 Å². The Hall–Kier alpha value is -3.68. The molecule has 0 bridgehead atoms. The number of ether oxygens (including phenoxy) is 3. The van der Waals surface area contributed by atoms with Gasteiger partial charge in [0.05, 0.1) is 6.10 Å². The molecule has 0 amide bonds. The zero-order chi connectivity index (χ0) is 30.1. The van der Waals surface area contributed by atoms with E-state index in [2.05, 4.69) is 17.4 Å². The van der Waals surface area contributed by atoms with Crippen LogP contribution >= 0.6 is 0 Å². The van der Waals surface area contributed by atoms with E-state index in [4.69, 9.17) is 14.2 Å². The lowest BCUT2D eigenvalue weighted by Gasteiger charge is -2.27. The van der Waals surface area contributed by atoms with Crippen LogP contribution in [-0.4, -0.2) is 41.3 Å². The van der Waals surface area contributed by atoms with E-state index in [-0.39, 0.29) is 12.1 Å². The standard InChI is InChI=1S/C35H43NO6/c1-24(37)40-30-20-19-28(23-31(30)41-29-13-9-6-10-14-29)26-17-15-25(16-18-26)21-22-36-32(34(39)42-35(2,3)4)33(38)27-11-7-5-8-12-27/h5,7-8,11-12,15-20,23,29,32-33,36,38H,6,9-10,13-14,21-22H2,1-4H3/t32?,33-/m1/s1. The molecule has 2 atom stereocenters. The second-order valence-electron chi connectivity index (χ2n) is 11.9. The fourth-order valence-electron chi connectivity index (χ4n) is 5.15. The number of esters is 2. The molecule has 1 fully saturated rings. The van der Waals surface area contributed by atoms with Crippen molar-refractivity contribution in [1.29, 1.82) is 0 Å². The van der Waals surface area contributed by atoms with Crippen molar-refractivity contribution < 1.29 is 28.9 Å². The smallest absolute Gasteiger partial charge is 0.326 e. The van der Waals surface area contributed by atoms with Gasteiger partial charge in [-0.1, -0.05) is 67.1 Å². The van der Waals surface area contributed by atoms with Crippen molar-refractivity contribution in [1.82, 2.24) is 5.32 Å². The van der Waals surface area contributed by atoms with Gasteiger partial charge in [0.25, 0.3) is 0 Å². The molecule has 1 unspecified atom stereocenters. The summed E-state index contributed by atoms with van der Waals surface area (Å²) < 4.78 is 17.3. The Morgan fingerprint density at radius 2 is 1.57 bits per heavy atom. The van der Waals surface area contributed by atoms with E-state index in [9.17, 15) is 14.7 Å². The fraction of sp³-hybridized carbons (Fsp3) is 0.429. The van der Waals surface area contributed by atoms with Crippen LogP contribution in [0.4, 0.5) is 0 Å². The highest BCUT2D eigenvalue weighted by Crippen LogP contribution is 2.35. The Balaban J connectivity index is 1.43. The Morgan fingerprint density at radius 1 is 0.905 bits per heavy atom. The molecule has 0 saturated heterocycles. The van der Waals surface area contributed by atoms with Crippen molar-refractivity contribution in [2.75, 3.05) is 6.54 Å². The van der Waals surface area contributed by atoms with Gasteiger partial charge in [0, 0.05) is 13.5 Å². The molecule has 7 heteroatoms. The summed E-state index contributed by atoms with van der Waals surface area (Å²) in [7, 11) is 0. The lowest BCUT2D eigenvalue weighted by molar-refractivity contribution is -0.160. The number of aliphatic hydroxyl groups excluding tert-OH is 1. The maximum absolute atomic E-state index is 13.0. The molecule has 1 aliphatic rings. The van der Waals surface area contributed by atoms with Gasteiger partial charge >= 0.3 is 11.9 Å². The van der Waals surface area contributed by atoms with E-state index < -0.39 is 23.7 Å². The van der Waals surface area contributed by atoms with Crippen LogP contribution in [0.2, 0.25) is 0 Å². The molecule has 3 aromatic rings. The van der Waals surface area contributed by atoms with E-state index in [1.54, 1.807) is 18.2 Å². The highest BCUT2D eigenvalue weighted by molar-refractivity contribution is 5.77. The minimum atomic E-state index is -1.04. The minimum Gasteiger partial charge on any atom is -0.486 e. The van der Waals surface area contributed by atoms with Crippen LogP contribution in [0, 0.1) is 0 Å². The third kappa shape index (κ3) is 9.16. The van der Waals surface area contributed by atoms with Crippen molar-refractivity contribution in [2.24, 2.45) is 0 Å². The number of rotatable bonds is 11. The molecule has 4 rings (SSSR count). The lowest BCUT2D eigenvalue weighted by Crippen LogP contribution is -2.46.